The van der Waals surface area contributed by atoms with Crippen molar-refractivity contribution in [2.45, 2.75) is 32.6 Å². The van der Waals surface area contributed by atoms with Crippen LogP contribution < -0.4 is 4.90 Å². The van der Waals surface area contributed by atoms with Crippen LogP contribution in [0.15, 0.2) is 48.7 Å². The highest BCUT2D eigenvalue weighted by molar-refractivity contribution is 6.01. The number of amides is 2. The third-order valence-electron chi connectivity index (χ3n) is 5.72. The van der Waals surface area contributed by atoms with Gasteiger partial charge in [0.25, 0.3) is 0 Å². The van der Waals surface area contributed by atoms with Crippen molar-refractivity contribution in [3.8, 4) is 0 Å². The van der Waals surface area contributed by atoms with Crippen molar-refractivity contribution in [2.75, 3.05) is 24.5 Å². The van der Waals surface area contributed by atoms with Crippen molar-refractivity contribution in [2.24, 2.45) is 0 Å². The molecule has 2 amide bonds. The Bertz CT molecular complexity index is 1050. The number of likely N-dealkylation sites (tertiary alicyclic amines) is 1. The van der Waals surface area contributed by atoms with Crippen molar-refractivity contribution in [3.63, 3.8) is 0 Å². The van der Waals surface area contributed by atoms with Crippen molar-refractivity contribution < 1.29 is 14.0 Å². The minimum atomic E-state index is -0.323. The van der Waals surface area contributed by atoms with Gasteiger partial charge in [-0.05, 0) is 62.1 Å². The molecular weight excluding hydrogens is 381 g/mol. The molecule has 0 aliphatic carbocycles. The average molecular weight is 407 g/mol. The van der Waals surface area contributed by atoms with Gasteiger partial charge in [-0.15, -0.1) is 0 Å². The molecule has 1 saturated heterocycles. The topological polar surface area (TPSA) is 56.4 Å². The van der Waals surface area contributed by atoms with E-state index in [2.05, 4.69) is 4.98 Å². The van der Waals surface area contributed by atoms with E-state index in [1.165, 1.54) is 12.1 Å². The number of aromatic nitrogens is 1. The number of hydrogen-bond acceptors (Lipinski definition) is 2. The van der Waals surface area contributed by atoms with Crippen LogP contribution in [0.2, 0.25) is 0 Å². The summed E-state index contributed by atoms with van der Waals surface area (Å²) in [7, 11) is 0. The molecule has 1 aliphatic heterocycles. The van der Waals surface area contributed by atoms with Gasteiger partial charge in [0.15, 0.2) is 0 Å². The normalized spacial score (nSPS) is 14.1. The molecule has 1 aliphatic rings. The number of anilines is 1. The average Bonchev–Trinajstić information content (AvgIpc) is 3.14. The van der Waals surface area contributed by atoms with E-state index in [4.69, 9.17) is 0 Å². The number of carbonyl (C=O) groups excluding carboxylic acids is 2. The number of nitrogens with zero attached hydrogens (tertiary/aromatic N) is 2. The molecular formula is C24H26FN3O2. The van der Waals surface area contributed by atoms with E-state index in [0.717, 1.165) is 48.9 Å². The second-order valence-corrected chi connectivity index (χ2v) is 7.94. The standard InChI is InChI=1S/C24H26FN3O2/c1-17-5-8-20(9-6-17)28(16-24(30)27-11-3-2-4-12-27)23(29)13-18-15-26-22-14-19(25)7-10-21(18)22/h5-10,14-15,26H,2-4,11-13,16H2,1H3. The Morgan fingerprint density at radius 1 is 1.07 bits per heavy atom. The molecule has 3 aromatic rings. The molecule has 0 radical (unpaired) electrons. The number of fused-ring (bicyclic) bond motifs is 1. The maximum Gasteiger partial charge on any atom is 0.242 e. The Hall–Kier alpha value is -3.15. The van der Waals surface area contributed by atoms with Crippen LogP contribution >= 0.6 is 0 Å². The predicted octanol–water partition coefficient (Wildman–Crippen LogP) is 4.20. The van der Waals surface area contributed by atoms with Gasteiger partial charge in [-0.2, -0.15) is 0 Å². The van der Waals surface area contributed by atoms with Crippen molar-refractivity contribution >= 4 is 28.4 Å². The number of aryl methyl sites for hydroxylation is 1. The van der Waals surface area contributed by atoms with Gasteiger partial charge in [0.2, 0.25) is 11.8 Å². The second kappa shape index (κ2) is 8.69. The lowest BCUT2D eigenvalue weighted by Gasteiger charge is -2.30. The molecule has 1 fully saturated rings. The highest BCUT2D eigenvalue weighted by Crippen LogP contribution is 2.23. The van der Waals surface area contributed by atoms with Crippen LogP contribution in [-0.2, 0) is 16.0 Å². The third kappa shape index (κ3) is 4.37. The number of carbonyl (C=O) groups is 2. The zero-order chi connectivity index (χ0) is 21.1. The van der Waals surface area contributed by atoms with Gasteiger partial charge in [0.1, 0.15) is 12.4 Å². The van der Waals surface area contributed by atoms with Gasteiger partial charge >= 0.3 is 0 Å². The molecule has 0 unspecified atom stereocenters. The number of H-pyrrole nitrogens is 1. The first-order chi connectivity index (χ1) is 14.5. The molecule has 30 heavy (non-hydrogen) atoms. The van der Waals surface area contributed by atoms with Crippen LogP contribution in [0.5, 0.6) is 0 Å². The molecule has 4 rings (SSSR count). The van der Waals surface area contributed by atoms with Crippen LogP contribution in [0.1, 0.15) is 30.4 Å². The molecule has 1 N–H and O–H groups in total. The van der Waals surface area contributed by atoms with E-state index >= 15 is 0 Å². The number of aromatic amines is 1. The summed E-state index contributed by atoms with van der Waals surface area (Å²) in [5.41, 5.74) is 3.25. The minimum absolute atomic E-state index is 0.0235. The Morgan fingerprint density at radius 2 is 1.80 bits per heavy atom. The van der Waals surface area contributed by atoms with Crippen LogP contribution in [0, 0.1) is 12.7 Å². The molecule has 0 spiro atoms. The molecule has 1 aromatic heterocycles. The Balaban J connectivity index is 1.58. The summed E-state index contributed by atoms with van der Waals surface area (Å²) in [6.07, 6.45) is 5.03. The lowest BCUT2D eigenvalue weighted by atomic mass is 10.1. The molecule has 5 nitrogen and oxygen atoms in total. The van der Waals surface area contributed by atoms with Gasteiger partial charge in [-0.1, -0.05) is 17.7 Å². The maximum atomic E-state index is 13.5. The first kappa shape index (κ1) is 20.1. The van der Waals surface area contributed by atoms with E-state index < -0.39 is 0 Å². The number of halogens is 1. The largest absolute Gasteiger partial charge is 0.361 e. The second-order valence-electron chi connectivity index (χ2n) is 7.94. The summed E-state index contributed by atoms with van der Waals surface area (Å²) in [4.78, 5) is 32.6. The zero-order valence-corrected chi connectivity index (χ0v) is 17.2. The highest BCUT2D eigenvalue weighted by atomic mass is 19.1. The summed E-state index contributed by atoms with van der Waals surface area (Å²) in [6, 6.07) is 12.1. The summed E-state index contributed by atoms with van der Waals surface area (Å²) in [5, 5.41) is 0.816. The zero-order valence-electron chi connectivity index (χ0n) is 17.2. The fourth-order valence-electron chi connectivity index (χ4n) is 3.99. The SMILES string of the molecule is Cc1ccc(N(CC(=O)N2CCCCC2)C(=O)Cc2c[nH]c3cc(F)ccc23)cc1. The van der Waals surface area contributed by atoms with Crippen LogP contribution in [0.25, 0.3) is 10.9 Å². The highest BCUT2D eigenvalue weighted by Gasteiger charge is 2.24. The molecule has 0 saturated carbocycles. The summed E-state index contributed by atoms with van der Waals surface area (Å²) in [6.45, 7) is 3.52. The number of rotatable bonds is 5. The Morgan fingerprint density at radius 3 is 2.53 bits per heavy atom. The van der Waals surface area contributed by atoms with Gasteiger partial charge in [0.05, 0.1) is 6.42 Å². The summed E-state index contributed by atoms with van der Waals surface area (Å²) < 4.78 is 13.5. The van der Waals surface area contributed by atoms with E-state index in [9.17, 15) is 14.0 Å². The number of nitrogens with one attached hydrogen (secondary N) is 1. The summed E-state index contributed by atoms with van der Waals surface area (Å²) >= 11 is 0. The van der Waals surface area contributed by atoms with E-state index in [0.29, 0.717) is 11.2 Å². The van der Waals surface area contributed by atoms with E-state index in [-0.39, 0.29) is 30.6 Å². The fraction of sp³-hybridized carbons (Fsp3) is 0.333. The van der Waals surface area contributed by atoms with Gasteiger partial charge in [-0.3, -0.25) is 9.59 Å². The quantitative estimate of drug-likeness (QED) is 0.689. The molecule has 6 heteroatoms. The monoisotopic (exact) mass is 407 g/mol. The van der Waals surface area contributed by atoms with Gasteiger partial charge in [0, 0.05) is 35.9 Å². The first-order valence-corrected chi connectivity index (χ1v) is 10.4. The Labute approximate surface area is 175 Å². The van der Waals surface area contributed by atoms with Crippen LogP contribution in [0.4, 0.5) is 10.1 Å². The fourth-order valence-corrected chi connectivity index (χ4v) is 3.99. The van der Waals surface area contributed by atoms with Gasteiger partial charge in [-0.25, -0.2) is 4.39 Å². The minimum Gasteiger partial charge on any atom is -0.361 e. The number of benzene rings is 2. The maximum absolute atomic E-state index is 13.5. The first-order valence-electron chi connectivity index (χ1n) is 10.4. The molecule has 0 bridgehead atoms. The van der Waals surface area contributed by atoms with E-state index in [1.807, 2.05) is 36.1 Å². The molecule has 156 valence electrons. The predicted molar refractivity (Wildman–Crippen MR) is 116 cm³/mol. The number of piperidine rings is 1. The molecule has 2 heterocycles. The number of hydrogen-bond donors (Lipinski definition) is 1. The summed E-state index contributed by atoms with van der Waals surface area (Å²) in [5.74, 6) is -0.505. The molecule has 2 aromatic carbocycles. The van der Waals surface area contributed by atoms with Crippen LogP contribution in [-0.4, -0.2) is 41.3 Å². The van der Waals surface area contributed by atoms with Crippen LogP contribution in [0.3, 0.4) is 0 Å². The van der Waals surface area contributed by atoms with Crippen molar-refractivity contribution in [3.05, 3.63) is 65.6 Å². The third-order valence-corrected chi connectivity index (χ3v) is 5.72. The van der Waals surface area contributed by atoms with E-state index in [1.54, 1.807) is 17.2 Å². The lowest BCUT2D eigenvalue weighted by Crippen LogP contribution is -2.45. The lowest BCUT2D eigenvalue weighted by molar-refractivity contribution is -0.132. The van der Waals surface area contributed by atoms with Gasteiger partial charge < -0.3 is 14.8 Å². The van der Waals surface area contributed by atoms with Crippen molar-refractivity contribution in [1.82, 2.24) is 9.88 Å². The smallest absolute Gasteiger partial charge is 0.242 e. The Kier molecular flexibility index (Phi) is 5.84. The molecule has 0 atom stereocenters. The van der Waals surface area contributed by atoms with Crippen molar-refractivity contribution in [1.29, 1.82) is 0 Å².